The van der Waals surface area contributed by atoms with Crippen molar-refractivity contribution >= 4 is 23.3 Å². The second-order valence-corrected chi connectivity index (χ2v) is 7.11. The van der Waals surface area contributed by atoms with Gasteiger partial charge in [0.15, 0.2) is 11.2 Å². The Hall–Kier alpha value is -4.34. The molecule has 0 amide bonds. The average molecular weight is 420 g/mol. The van der Waals surface area contributed by atoms with E-state index in [1.54, 1.807) is 4.57 Å². The highest BCUT2D eigenvalue weighted by atomic mass is 16.3. The molecule has 0 spiro atoms. The SMILES string of the molecule is Cc1ccc(Cn2c(N/N=C/c3ccc(O)cc3O)nc3c2c(=O)[nH]c(=O)n3C)cc1. The Labute approximate surface area is 175 Å². The van der Waals surface area contributed by atoms with Crippen molar-refractivity contribution in [1.29, 1.82) is 0 Å². The number of imidazole rings is 1. The fraction of sp³-hybridized carbons (Fsp3) is 0.143. The minimum Gasteiger partial charge on any atom is -0.508 e. The number of rotatable bonds is 5. The van der Waals surface area contributed by atoms with Crippen LogP contribution in [0.25, 0.3) is 11.2 Å². The van der Waals surface area contributed by atoms with Gasteiger partial charge in [0.25, 0.3) is 5.56 Å². The number of phenols is 2. The van der Waals surface area contributed by atoms with Crippen molar-refractivity contribution in [1.82, 2.24) is 19.1 Å². The summed E-state index contributed by atoms with van der Waals surface area (Å²) in [6.45, 7) is 2.30. The number of nitrogens with one attached hydrogen (secondary N) is 2. The van der Waals surface area contributed by atoms with Crippen LogP contribution in [0, 0.1) is 6.92 Å². The smallest absolute Gasteiger partial charge is 0.329 e. The summed E-state index contributed by atoms with van der Waals surface area (Å²) in [6, 6.07) is 11.9. The van der Waals surface area contributed by atoms with Gasteiger partial charge in [-0.05, 0) is 24.6 Å². The van der Waals surface area contributed by atoms with Crippen LogP contribution in [-0.2, 0) is 13.6 Å². The Morgan fingerprint density at radius 3 is 2.61 bits per heavy atom. The molecule has 0 radical (unpaired) electrons. The van der Waals surface area contributed by atoms with Gasteiger partial charge in [-0.1, -0.05) is 29.8 Å². The lowest BCUT2D eigenvalue weighted by molar-refractivity contribution is 0.450. The third-order valence-electron chi connectivity index (χ3n) is 4.85. The number of aryl methyl sites for hydroxylation is 2. The zero-order valence-corrected chi connectivity index (χ0v) is 16.8. The number of benzene rings is 2. The number of nitrogens with zero attached hydrogens (tertiary/aromatic N) is 4. The van der Waals surface area contributed by atoms with Crippen LogP contribution < -0.4 is 16.7 Å². The first-order valence-electron chi connectivity index (χ1n) is 9.39. The summed E-state index contributed by atoms with van der Waals surface area (Å²) in [5, 5.41) is 23.4. The molecule has 0 fully saturated rings. The Kier molecular flexibility index (Phi) is 5.04. The van der Waals surface area contributed by atoms with Crippen LogP contribution >= 0.6 is 0 Å². The molecule has 158 valence electrons. The molecule has 31 heavy (non-hydrogen) atoms. The van der Waals surface area contributed by atoms with Crippen molar-refractivity contribution in [2.45, 2.75) is 13.5 Å². The van der Waals surface area contributed by atoms with Crippen LogP contribution in [0.2, 0.25) is 0 Å². The van der Waals surface area contributed by atoms with E-state index in [0.29, 0.717) is 12.1 Å². The maximum atomic E-state index is 12.5. The molecule has 0 saturated heterocycles. The first-order valence-corrected chi connectivity index (χ1v) is 9.39. The fourth-order valence-electron chi connectivity index (χ4n) is 3.15. The Morgan fingerprint density at radius 1 is 1.16 bits per heavy atom. The van der Waals surface area contributed by atoms with E-state index >= 15 is 0 Å². The normalized spacial score (nSPS) is 11.4. The van der Waals surface area contributed by atoms with Gasteiger partial charge in [-0.25, -0.2) is 10.2 Å². The highest BCUT2D eigenvalue weighted by molar-refractivity contribution is 5.84. The van der Waals surface area contributed by atoms with E-state index in [4.69, 9.17) is 0 Å². The molecular weight excluding hydrogens is 400 g/mol. The van der Waals surface area contributed by atoms with Gasteiger partial charge in [0.2, 0.25) is 5.95 Å². The van der Waals surface area contributed by atoms with E-state index in [1.807, 2.05) is 31.2 Å². The molecule has 0 aliphatic heterocycles. The van der Waals surface area contributed by atoms with Crippen molar-refractivity contribution in [3.8, 4) is 11.5 Å². The lowest BCUT2D eigenvalue weighted by Gasteiger charge is -2.09. The molecule has 0 atom stereocenters. The van der Waals surface area contributed by atoms with Gasteiger partial charge in [0.05, 0.1) is 12.8 Å². The highest BCUT2D eigenvalue weighted by Crippen LogP contribution is 2.21. The standard InChI is InChI=1S/C21H20N6O4/c1-12-3-5-13(6-4-12)11-27-17-18(26(2)21(31)24-19(17)30)23-20(27)25-22-10-14-7-8-15(28)9-16(14)29/h3-10,28-29H,11H2,1-2H3,(H,23,25)(H,24,30,31)/b22-10+. The predicted octanol–water partition coefficient (Wildman–Crippen LogP) is 1.64. The quantitative estimate of drug-likeness (QED) is 0.286. The first-order chi connectivity index (χ1) is 14.8. The molecular formula is C21H20N6O4. The van der Waals surface area contributed by atoms with E-state index in [0.717, 1.165) is 11.1 Å². The predicted molar refractivity (Wildman–Crippen MR) is 117 cm³/mol. The first kappa shape index (κ1) is 20.0. The topological polar surface area (TPSA) is 138 Å². The molecule has 10 nitrogen and oxygen atoms in total. The molecule has 4 rings (SSSR count). The molecule has 4 N–H and O–H groups in total. The number of aromatic nitrogens is 4. The highest BCUT2D eigenvalue weighted by Gasteiger charge is 2.17. The number of phenolic OH excluding ortho intramolecular Hbond substituents is 2. The number of hydrogen-bond donors (Lipinski definition) is 4. The molecule has 2 aromatic heterocycles. The van der Waals surface area contributed by atoms with Crippen molar-refractivity contribution in [2.75, 3.05) is 5.43 Å². The monoisotopic (exact) mass is 420 g/mol. The number of fused-ring (bicyclic) bond motifs is 1. The Balaban J connectivity index is 1.77. The van der Waals surface area contributed by atoms with Crippen molar-refractivity contribution in [2.24, 2.45) is 12.1 Å². The Morgan fingerprint density at radius 2 is 1.90 bits per heavy atom. The van der Waals surface area contributed by atoms with Crippen LogP contribution in [0.15, 0.2) is 57.2 Å². The van der Waals surface area contributed by atoms with Crippen molar-refractivity contribution < 1.29 is 10.2 Å². The molecule has 0 unspecified atom stereocenters. The second-order valence-electron chi connectivity index (χ2n) is 7.11. The molecule has 0 saturated carbocycles. The molecule has 0 bridgehead atoms. The summed E-state index contributed by atoms with van der Waals surface area (Å²) < 4.78 is 2.88. The van der Waals surface area contributed by atoms with E-state index in [1.165, 1.54) is 36.0 Å². The van der Waals surface area contributed by atoms with Crippen LogP contribution in [0.4, 0.5) is 5.95 Å². The van der Waals surface area contributed by atoms with E-state index in [2.05, 4.69) is 20.5 Å². The fourth-order valence-corrected chi connectivity index (χ4v) is 3.15. The summed E-state index contributed by atoms with van der Waals surface area (Å²) in [6.07, 6.45) is 1.35. The number of H-pyrrole nitrogens is 1. The largest absolute Gasteiger partial charge is 0.508 e. The summed E-state index contributed by atoms with van der Waals surface area (Å²) in [7, 11) is 1.52. The third kappa shape index (κ3) is 3.90. The maximum Gasteiger partial charge on any atom is 0.329 e. The van der Waals surface area contributed by atoms with Crippen LogP contribution in [0.5, 0.6) is 11.5 Å². The van der Waals surface area contributed by atoms with Gasteiger partial charge in [-0.3, -0.25) is 18.9 Å². The van der Waals surface area contributed by atoms with Crippen LogP contribution in [0.1, 0.15) is 16.7 Å². The van der Waals surface area contributed by atoms with E-state index < -0.39 is 11.2 Å². The zero-order valence-electron chi connectivity index (χ0n) is 16.8. The molecule has 4 aromatic rings. The van der Waals surface area contributed by atoms with Gasteiger partial charge >= 0.3 is 5.69 Å². The van der Waals surface area contributed by atoms with Gasteiger partial charge in [-0.2, -0.15) is 10.1 Å². The minimum absolute atomic E-state index is 0.0670. The summed E-state index contributed by atoms with van der Waals surface area (Å²) >= 11 is 0. The number of anilines is 1. The van der Waals surface area contributed by atoms with Gasteiger partial charge in [-0.15, -0.1) is 0 Å². The Bertz CT molecular complexity index is 1410. The third-order valence-corrected chi connectivity index (χ3v) is 4.85. The summed E-state index contributed by atoms with van der Waals surface area (Å²) in [5.74, 6) is 0.0389. The molecule has 0 aliphatic carbocycles. The zero-order chi connectivity index (χ0) is 22.1. The van der Waals surface area contributed by atoms with Gasteiger partial charge < -0.3 is 10.2 Å². The van der Waals surface area contributed by atoms with Crippen LogP contribution in [0.3, 0.4) is 0 Å². The summed E-state index contributed by atoms with van der Waals surface area (Å²) in [5.41, 5.74) is 4.51. The number of aromatic amines is 1. The summed E-state index contributed by atoms with van der Waals surface area (Å²) in [4.78, 5) is 31.2. The van der Waals surface area contributed by atoms with E-state index in [-0.39, 0.29) is 28.6 Å². The molecule has 0 aliphatic rings. The number of hydrogen-bond acceptors (Lipinski definition) is 7. The number of hydrazone groups is 1. The molecule has 2 heterocycles. The second kappa shape index (κ2) is 7.82. The van der Waals surface area contributed by atoms with Crippen LogP contribution in [-0.4, -0.2) is 35.5 Å². The number of aromatic hydroxyl groups is 2. The molecule has 2 aromatic carbocycles. The van der Waals surface area contributed by atoms with Crippen molar-refractivity contribution in [3.63, 3.8) is 0 Å². The molecule has 10 heteroatoms. The lowest BCUT2D eigenvalue weighted by Crippen LogP contribution is -2.29. The average Bonchev–Trinajstić information content (AvgIpc) is 3.08. The van der Waals surface area contributed by atoms with Gasteiger partial charge in [0.1, 0.15) is 11.5 Å². The maximum absolute atomic E-state index is 12.5. The van der Waals surface area contributed by atoms with E-state index in [9.17, 15) is 19.8 Å². The lowest BCUT2D eigenvalue weighted by atomic mass is 10.1. The van der Waals surface area contributed by atoms with Gasteiger partial charge in [0, 0.05) is 18.7 Å². The van der Waals surface area contributed by atoms with Crippen molar-refractivity contribution in [3.05, 3.63) is 80.0 Å². The minimum atomic E-state index is -0.568.